The zero-order valence-electron chi connectivity index (χ0n) is 18.2. The van der Waals surface area contributed by atoms with Gasteiger partial charge in [0.05, 0.1) is 33.2 Å². The Balaban J connectivity index is 1.64. The molecule has 5 rings (SSSR count). The van der Waals surface area contributed by atoms with Crippen molar-refractivity contribution in [3.05, 3.63) is 89.9 Å². The zero-order chi connectivity index (χ0) is 22.5. The molecule has 0 aliphatic heterocycles. The van der Waals surface area contributed by atoms with Crippen LogP contribution in [0.3, 0.4) is 0 Å². The molecule has 0 bridgehead atoms. The quantitative estimate of drug-likeness (QED) is 0.381. The van der Waals surface area contributed by atoms with Gasteiger partial charge in [-0.1, -0.05) is 48.0 Å². The molecule has 0 saturated carbocycles. The molecule has 0 aliphatic carbocycles. The average Bonchev–Trinajstić information content (AvgIpc) is 3.32. The average molecular weight is 445 g/mol. The van der Waals surface area contributed by atoms with Crippen LogP contribution in [0.5, 0.6) is 0 Å². The molecule has 0 N–H and O–H groups in total. The third-order valence-corrected chi connectivity index (χ3v) is 7.59. The van der Waals surface area contributed by atoms with Crippen LogP contribution in [-0.2, 0) is 16.4 Å². The number of hydrogen-bond donors (Lipinski definition) is 0. The molecule has 5 aromatic rings. The van der Waals surface area contributed by atoms with Crippen LogP contribution in [0.1, 0.15) is 30.0 Å². The molecule has 6 nitrogen and oxygen atoms in total. The maximum atomic E-state index is 13.7. The summed E-state index contributed by atoms with van der Waals surface area (Å²) in [6.45, 7) is 5.97. The second kappa shape index (κ2) is 7.60. The number of aryl methyl sites for hydroxylation is 2. The molecule has 7 heteroatoms. The number of nitrogens with zero attached hydrogens (tertiary/aromatic N) is 4. The number of imidazole rings is 1. The Morgan fingerprint density at radius 2 is 1.53 bits per heavy atom. The highest BCUT2D eigenvalue weighted by Gasteiger charge is 2.26. The van der Waals surface area contributed by atoms with Crippen LogP contribution < -0.4 is 0 Å². The molecular weight excluding hydrogens is 420 g/mol. The van der Waals surface area contributed by atoms with Crippen LogP contribution >= 0.6 is 0 Å². The van der Waals surface area contributed by atoms with Gasteiger partial charge < -0.3 is 0 Å². The van der Waals surface area contributed by atoms with E-state index in [0.717, 1.165) is 22.2 Å². The van der Waals surface area contributed by atoms with Crippen molar-refractivity contribution in [2.75, 3.05) is 0 Å². The van der Waals surface area contributed by atoms with Crippen molar-refractivity contribution < 1.29 is 8.42 Å². The normalized spacial score (nSPS) is 13.1. The Morgan fingerprint density at radius 3 is 2.28 bits per heavy atom. The van der Waals surface area contributed by atoms with Crippen LogP contribution in [0.4, 0.5) is 0 Å². The molecule has 162 valence electrons. The van der Waals surface area contributed by atoms with Gasteiger partial charge in [0.25, 0.3) is 10.0 Å². The van der Waals surface area contributed by atoms with Crippen LogP contribution in [-0.4, -0.2) is 27.2 Å². The third kappa shape index (κ3) is 3.29. The lowest BCUT2D eigenvalue weighted by Crippen LogP contribution is -2.19. The fourth-order valence-electron chi connectivity index (χ4n) is 4.20. The molecule has 2 heterocycles. The van der Waals surface area contributed by atoms with Gasteiger partial charge >= 0.3 is 0 Å². The van der Waals surface area contributed by atoms with E-state index < -0.39 is 10.0 Å². The first kappa shape index (κ1) is 20.5. The smallest absolute Gasteiger partial charge is 0.261 e. The number of aromatic nitrogens is 4. The first-order chi connectivity index (χ1) is 15.4. The van der Waals surface area contributed by atoms with E-state index in [1.54, 1.807) is 18.2 Å². The van der Waals surface area contributed by atoms with Crippen molar-refractivity contribution >= 4 is 32.0 Å². The van der Waals surface area contributed by atoms with E-state index in [-0.39, 0.29) is 10.9 Å². The highest BCUT2D eigenvalue weighted by Crippen LogP contribution is 2.28. The summed E-state index contributed by atoms with van der Waals surface area (Å²) in [7, 11) is -3.81. The molecular formula is C25H24N4O2S. The van der Waals surface area contributed by atoms with Gasteiger partial charge in [-0.05, 0) is 51.1 Å². The number of rotatable bonds is 5. The Bertz CT molecular complexity index is 1550. The van der Waals surface area contributed by atoms with E-state index >= 15 is 0 Å². The Kier molecular flexibility index (Phi) is 4.86. The number of benzene rings is 3. The minimum atomic E-state index is -3.81. The van der Waals surface area contributed by atoms with E-state index in [1.165, 1.54) is 3.97 Å². The molecule has 0 fully saturated rings. The molecule has 0 unspecified atom stereocenters. The largest absolute Gasteiger partial charge is 0.269 e. The first-order valence-corrected chi connectivity index (χ1v) is 12.0. The lowest BCUT2D eigenvalue weighted by Gasteiger charge is -2.16. The van der Waals surface area contributed by atoms with E-state index in [9.17, 15) is 8.42 Å². The van der Waals surface area contributed by atoms with Crippen LogP contribution in [0.2, 0.25) is 0 Å². The topological polar surface area (TPSA) is 69.8 Å². The van der Waals surface area contributed by atoms with Crippen molar-refractivity contribution in [1.82, 2.24) is 18.7 Å². The summed E-state index contributed by atoms with van der Waals surface area (Å²) < 4.78 is 30.7. The summed E-state index contributed by atoms with van der Waals surface area (Å²) >= 11 is 0. The predicted octanol–water partition coefficient (Wildman–Crippen LogP) is 5.04. The van der Waals surface area contributed by atoms with Gasteiger partial charge in [-0.25, -0.2) is 17.4 Å². The van der Waals surface area contributed by atoms with Gasteiger partial charge in [0.15, 0.2) is 0 Å². The van der Waals surface area contributed by atoms with Gasteiger partial charge in [0.1, 0.15) is 5.82 Å². The van der Waals surface area contributed by atoms with Crippen molar-refractivity contribution in [3.8, 4) is 0 Å². The summed E-state index contributed by atoms with van der Waals surface area (Å²) in [5.74, 6) is 0.497. The van der Waals surface area contributed by atoms with E-state index in [0.29, 0.717) is 23.3 Å². The fourth-order valence-corrected chi connectivity index (χ4v) is 5.70. The fraction of sp³-hybridized carbons (Fsp3) is 0.200. The lowest BCUT2D eigenvalue weighted by atomic mass is 10.2. The summed E-state index contributed by atoms with van der Waals surface area (Å²) in [4.78, 5) is 4.97. The van der Waals surface area contributed by atoms with E-state index in [1.807, 2.05) is 74.0 Å². The SMILES string of the molecule is Cc1ccc(S(=O)(=O)n2c(C[C@H](C)n3nc(C)c4ccccc43)nc3ccccc32)cc1. The number of fused-ring (bicyclic) bond motifs is 2. The third-order valence-electron chi connectivity index (χ3n) is 5.84. The van der Waals surface area contributed by atoms with Crippen molar-refractivity contribution in [2.24, 2.45) is 0 Å². The molecule has 0 amide bonds. The standard InChI is InChI=1S/C25H24N4O2S/c1-17-12-14-20(15-13-17)32(30,31)29-24-11-7-5-9-22(24)26-25(29)16-18(2)28-23-10-6-4-8-21(23)19(3)27-28/h4-15,18H,16H2,1-3H3/t18-/m0/s1. The summed E-state index contributed by atoms with van der Waals surface area (Å²) in [5.41, 5.74) is 4.23. The van der Waals surface area contributed by atoms with Gasteiger partial charge in [-0.15, -0.1) is 0 Å². The van der Waals surface area contributed by atoms with Gasteiger partial charge in [-0.3, -0.25) is 4.68 Å². The van der Waals surface area contributed by atoms with Gasteiger partial charge in [0, 0.05) is 11.8 Å². The van der Waals surface area contributed by atoms with Crippen molar-refractivity contribution in [2.45, 2.75) is 38.1 Å². The highest BCUT2D eigenvalue weighted by molar-refractivity contribution is 7.90. The number of para-hydroxylation sites is 3. The molecule has 0 aliphatic rings. The minimum absolute atomic E-state index is 0.0858. The van der Waals surface area contributed by atoms with Crippen LogP contribution in [0, 0.1) is 13.8 Å². The van der Waals surface area contributed by atoms with E-state index in [2.05, 4.69) is 6.07 Å². The highest BCUT2D eigenvalue weighted by atomic mass is 32.2. The molecule has 3 aromatic carbocycles. The van der Waals surface area contributed by atoms with Crippen molar-refractivity contribution in [3.63, 3.8) is 0 Å². The Hall–Kier alpha value is -3.45. The molecule has 32 heavy (non-hydrogen) atoms. The molecule has 1 atom stereocenters. The summed E-state index contributed by atoms with van der Waals surface area (Å²) in [6.07, 6.45) is 0.422. The Labute approximate surface area is 187 Å². The zero-order valence-corrected chi connectivity index (χ0v) is 19.0. The molecule has 0 spiro atoms. The second-order valence-corrected chi connectivity index (χ2v) is 9.99. The number of hydrogen-bond acceptors (Lipinski definition) is 4. The summed E-state index contributed by atoms with van der Waals surface area (Å²) in [6, 6.07) is 22.3. The molecule has 0 saturated heterocycles. The minimum Gasteiger partial charge on any atom is -0.261 e. The van der Waals surface area contributed by atoms with Gasteiger partial charge in [-0.2, -0.15) is 5.10 Å². The molecule has 0 radical (unpaired) electrons. The second-order valence-electron chi connectivity index (χ2n) is 8.20. The van der Waals surface area contributed by atoms with Gasteiger partial charge in [0.2, 0.25) is 0 Å². The van der Waals surface area contributed by atoms with Crippen molar-refractivity contribution in [1.29, 1.82) is 0 Å². The predicted molar refractivity (Wildman–Crippen MR) is 126 cm³/mol. The van der Waals surface area contributed by atoms with Crippen LogP contribution in [0.15, 0.2) is 77.7 Å². The van der Waals surface area contributed by atoms with E-state index in [4.69, 9.17) is 10.1 Å². The Morgan fingerprint density at radius 1 is 0.875 bits per heavy atom. The maximum Gasteiger partial charge on any atom is 0.269 e. The summed E-state index contributed by atoms with van der Waals surface area (Å²) in [5, 5.41) is 5.83. The molecule has 2 aromatic heterocycles. The first-order valence-electron chi connectivity index (χ1n) is 10.6. The monoisotopic (exact) mass is 444 g/mol. The van der Waals surface area contributed by atoms with Crippen LogP contribution in [0.25, 0.3) is 21.9 Å². The lowest BCUT2D eigenvalue weighted by molar-refractivity contribution is 0.489. The maximum absolute atomic E-state index is 13.7.